The molecule has 0 amide bonds. The van der Waals surface area contributed by atoms with Gasteiger partial charge in [0.25, 0.3) is 0 Å². The van der Waals surface area contributed by atoms with E-state index in [-0.39, 0.29) is 5.50 Å². The molecule has 1 heterocycles. The fraction of sp³-hybridized carbons (Fsp3) is 1.00. The molecule has 1 atom stereocenters. The normalized spacial score (nSPS) is 35.3. The second-order valence-corrected chi connectivity index (χ2v) is 4.23. The van der Waals surface area contributed by atoms with Gasteiger partial charge in [0.05, 0.1) is 0 Å². The third-order valence-electron chi connectivity index (χ3n) is 1.94. The number of nitrogens with zero attached hydrogens (tertiary/aromatic N) is 1. The zero-order chi connectivity index (χ0) is 7.07. The van der Waals surface area contributed by atoms with Gasteiger partial charge in [-0.1, -0.05) is 0 Å². The van der Waals surface area contributed by atoms with Crippen LogP contribution < -0.4 is 5.73 Å². The minimum atomic E-state index is 0.208. The highest BCUT2D eigenvalue weighted by Crippen LogP contribution is 2.31. The number of rotatable bonds is 0. The number of hydrogen-bond donors (Lipinski definition) is 1. The minimum absolute atomic E-state index is 0.208. The highest BCUT2D eigenvalue weighted by molar-refractivity contribution is 8.00. The van der Waals surface area contributed by atoms with Crippen molar-refractivity contribution >= 4 is 11.8 Å². The molecule has 0 saturated carbocycles. The number of thioether (sulfide) groups is 1. The van der Waals surface area contributed by atoms with Gasteiger partial charge in [-0.15, -0.1) is 11.8 Å². The molecule has 1 saturated heterocycles. The first-order valence-corrected chi connectivity index (χ1v) is 4.19. The van der Waals surface area contributed by atoms with E-state index in [4.69, 9.17) is 5.73 Å². The first-order chi connectivity index (χ1) is 4.04. The average Bonchev–Trinajstić information content (AvgIpc) is 1.97. The standard InChI is InChI=1S/C6H14N2S/c1-6(2)4-9-5(7)8(6)3/h5H,4,7H2,1-3H3. The molecular formula is C6H14N2S. The van der Waals surface area contributed by atoms with Crippen LogP contribution >= 0.6 is 11.8 Å². The Morgan fingerprint density at radius 1 is 1.67 bits per heavy atom. The van der Waals surface area contributed by atoms with Gasteiger partial charge >= 0.3 is 0 Å². The molecule has 2 nitrogen and oxygen atoms in total. The minimum Gasteiger partial charge on any atom is -0.307 e. The maximum Gasteiger partial charge on any atom is 0.106 e. The van der Waals surface area contributed by atoms with Gasteiger partial charge in [0, 0.05) is 11.3 Å². The van der Waals surface area contributed by atoms with Crippen LogP contribution in [-0.2, 0) is 0 Å². The lowest BCUT2D eigenvalue weighted by Crippen LogP contribution is -2.44. The zero-order valence-corrected chi connectivity index (χ0v) is 7.03. The van der Waals surface area contributed by atoms with Crippen molar-refractivity contribution in [2.45, 2.75) is 24.9 Å². The Kier molecular flexibility index (Phi) is 1.76. The maximum absolute atomic E-state index is 5.74. The molecule has 0 bridgehead atoms. The van der Waals surface area contributed by atoms with Crippen molar-refractivity contribution in [2.75, 3.05) is 12.8 Å². The van der Waals surface area contributed by atoms with Gasteiger partial charge in [0.15, 0.2) is 0 Å². The van der Waals surface area contributed by atoms with Crippen LogP contribution in [0.5, 0.6) is 0 Å². The lowest BCUT2D eigenvalue weighted by atomic mass is 10.1. The Morgan fingerprint density at radius 2 is 2.22 bits per heavy atom. The lowest BCUT2D eigenvalue weighted by molar-refractivity contribution is 0.187. The molecule has 2 N–H and O–H groups in total. The van der Waals surface area contributed by atoms with E-state index < -0.39 is 0 Å². The predicted octanol–water partition coefficient (Wildman–Crippen LogP) is 0.686. The van der Waals surface area contributed by atoms with Gasteiger partial charge in [0.1, 0.15) is 5.50 Å². The predicted molar refractivity (Wildman–Crippen MR) is 42.3 cm³/mol. The van der Waals surface area contributed by atoms with Gasteiger partial charge in [-0.05, 0) is 20.9 Å². The fourth-order valence-electron chi connectivity index (χ4n) is 0.847. The summed E-state index contributed by atoms with van der Waals surface area (Å²) in [5.41, 5.74) is 6.25. The van der Waals surface area contributed by atoms with Crippen molar-refractivity contribution in [3.63, 3.8) is 0 Å². The summed E-state index contributed by atoms with van der Waals surface area (Å²) in [6, 6.07) is 0. The molecule has 0 aromatic rings. The highest BCUT2D eigenvalue weighted by atomic mass is 32.2. The quantitative estimate of drug-likeness (QED) is 0.545. The summed E-state index contributed by atoms with van der Waals surface area (Å²) in [5.74, 6) is 1.14. The number of nitrogens with two attached hydrogens (primary N) is 1. The van der Waals surface area contributed by atoms with Crippen LogP contribution in [0, 0.1) is 0 Å². The van der Waals surface area contributed by atoms with Gasteiger partial charge in [-0.3, -0.25) is 4.90 Å². The first kappa shape index (κ1) is 7.38. The van der Waals surface area contributed by atoms with E-state index >= 15 is 0 Å². The van der Waals surface area contributed by atoms with E-state index in [9.17, 15) is 0 Å². The first-order valence-electron chi connectivity index (χ1n) is 3.14. The van der Waals surface area contributed by atoms with E-state index in [1.165, 1.54) is 0 Å². The fourth-order valence-corrected chi connectivity index (χ4v) is 2.14. The van der Waals surface area contributed by atoms with Crippen molar-refractivity contribution in [1.82, 2.24) is 4.90 Å². The van der Waals surface area contributed by atoms with Crippen LogP contribution in [0.25, 0.3) is 0 Å². The van der Waals surface area contributed by atoms with Crippen LogP contribution in [0.4, 0.5) is 0 Å². The Labute approximate surface area is 60.8 Å². The third-order valence-corrected chi connectivity index (χ3v) is 3.47. The topological polar surface area (TPSA) is 29.3 Å². The summed E-state index contributed by atoms with van der Waals surface area (Å²) in [6.07, 6.45) is 0. The SMILES string of the molecule is CN1C(N)SCC1(C)C. The molecule has 0 spiro atoms. The van der Waals surface area contributed by atoms with Crippen LogP contribution in [0.1, 0.15) is 13.8 Å². The summed E-state index contributed by atoms with van der Waals surface area (Å²) < 4.78 is 0. The summed E-state index contributed by atoms with van der Waals surface area (Å²) in [4.78, 5) is 2.21. The average molecular weight is 146 g/mol. The smallest absolute Gasteiger partial charge is 0.106 e. The Morgan fingerprint density at radius 3 is 2.33 bits per heavy atom. The summed E-state index contributed by atoms with van der Waals surface area (Å²) >= 11 is 1.82. The van der Waals surface area contributed by atoms with Gasteiger partial charge in [-0.25, -0.2) is 0 Å². The van der Waals surface area contributed by atoms with Crippen molar-refractivity contribution in [3.8, 4) is 0 Å². The van der Waals surface area contributed by atoms with E-state index in [1.54, 1.807) is 0 Å². The molecule has 9 heavy (non-hydrogen) atoms. The zero-order valence-electron chi connectivity index (χ0n) is 6.22. The van der Waals surface area contributed by atoms with Crippen LogP contribution in [0.3, 0.4) is 0 Å². The molecule has 1 rings (SSSR count). The van der Waals surface area contributed by atoms with Gasteiger partial charge < -0.3 is 5.73 Å². The Balaban J connectivity index is 2.62. The second-order valence-electron chi connectivity index (χ2n) is 3.12. The monoisotopic (exact) mass is 146 g/mol. The molecule has 54 valence electrons. The highest BCUT2D eigenvalue weighted by Gasteiger charge is 2.34. The molecule has 1 unspecified atom stereocenters. The van der Waals surface area contributed by atoms with Crippen LogP contribution in [0.15, 0.2) is 0 Å². The van der Waals surface area contributed by atoms with Gasteiger partial charge in [0.2, 0.25) is 0 Å². The van der Waals surface area contributed by atoms with Crippen molar-refractivity contribution < 1.29 is 0 Å². The van der Waals surface area contributed by atoms with Crippen LogP contribution in [0.2, 0.25) is 0 Å². The van der Waals surface area contributed by atoms with Gasteiger partial charge in [-0.2, -0.15) is 0 Å². The molecule has 0 aromatic heterocycles. The Bertz CT molecular complexity index is 114. The summed E-state index contributed by atoms with van der Waals surface area (Å²) in [5, 5.41) is 0. The molecular weight excluding hydrogens is 132 g/mol. The number of hydrogen-bond acceptors (Lipinski definition) is 3. The van der Waals surface area contributed by atoms with Crippen molar-refractivity contribution in [3.05, 3.63) is 0 Å². The third kappa shape index (κ3) is 1.23. The lowest BCUT2D eigenvalue weighted by Gasteiger charge is -2.28. The van der Waals surface area contributed by atoms with E-state index in [0.717, 1.165) is 5.75 Å². The molecule has 0 aliphatic carbocycles. The Hall–Kier alpha value is 0.270. The molecule has 1 aliphatic rings. The molecule has 0 aromatic carbocycles. The molecule has 0 radical (unpaired) electrons. The van der Waals surface area contributed by atoms with E-state index in [2.05, 4.69) is 25.8 Å². The maximum atomic E-state index is 5.74. The molecule has 1 aliphatic heterocycles. The van der Waals surface area contributed by atoms with E-state index in [1.807, 2.05) is 11.8 Å². The van der Waals surface area contributed by atoms with E-state index in [0.29, 0.717) is 5.54 Å². The van der Waals surface area contributed by atoms with Crippen molar-refractivity contribution in [1.29, 1.82) is 0 Å². The largest absolute Gasteiger partial charge is 0.307 e. The van der Waals surface area contributed by atoms with Crippen molar-refractivity contribution in [2.24, 2.45) is 5.73 Å². The second kappa shape index (κ2) is 2.15. The summed E-state index contributed by atoms with van der Waals surface area (Å²) in [7, 11) is 2.07. The molecule has 1 fully saturated rings. The van der Waals surface area contributed by atoms with Crippen LogP contribution in [-0.4, -0.2) is 28.7 Å². The molecule has 3 heteroatoms. The summed E-state index contributed by atoms with van der Waals surface area (Å²) in [6.45, 7) is 4.43.